The minimum atomic E-state index is -2.54. The predicted molar refractivity (Wildman–Crippen MR) is 115 cm³/mol. The first-order valence-corrected chi connectivity index (χ1v) is 10.9. The van der Waals surface area contributed by atoms with Gasteiger partial charge in [0, 0.05) is 29.0 Å². The van der Waals surface area contributed by atoms with Crippen molar-refractivity contribution in [1.29, 1.82) is 0 Å². The van der Waals surface area contributed by atoms with Gasteiger partial charge in [-0.1, -0.05) is 17.7 Å². The lowest BCUT2D eigenvalue weighted by molar-refractivity contribution is -0.132. The highest BCUT2D eigenvalue weighted by atomic mass is 35.5. The van der Waals surface area contributed by atoms with Crippen molar-refractivity contribution in [3.05, 3.63) is 64.2 Å². The molecular formula is C23H27ClF2O7. The van der Waals surface area contributed by atoms with E-state index >= 15 is 0 Å². The maximum atomic E-state index is 12.0. The number of aliphatic hydroxyl groups excluding tert-OH is 2. The van der Waals surface area contributed by atoms with Gasteiger partial charge in [0.25, 0.3) is 6.43 Å². The van der Waals surface area contributed by atoms with Gasteiger partial charge in [-0.25, -0.2) is 8.78 Å². The van der Waals surface area contributed by atoms with E-state index in [0.717, 1.165) is 0 Å². The van der Waals surface area contributed by atoms with Crippen molar-refractivity contribution in [1.82, 2.24) is 0 Å². The molecule has 1 fully saturated rings. The molecular weight excluding hydrogens is 462 g/mol. The molecule has 0 aromatic heterocycles. The van der Waals surface area contributed by atoms with Crippen molar-refractivity contribution in [3.63, 3.8) is 0 Å². The normalized spacial score (nSPS) is 21.4. The van der Waals surface area contributed by atoms with Crippen LogP contribution in [0, 0.1) is 0 Å². The van der Waals surface area contributed by atoms with E-state index in [4.69, 9.17) is 25.8 Å². The Bertz CT molecular complexity index is 895. The van der Waals surface area contributed by atoms with Crippen LogP contribution in [0.2, 0.25) is 5.02 Å². The largest absolute Gasteiger partial charge is 0.491 e. The molecule has 0 saturated carbocycles. The van der Waals surface area contributed by atoms with Gasteiger partial charge in [-0.05, 0) is 42.0 Å². The molecule has 1 aliphatic rings. The van der Waals surface area contributed by atoms with Gasteiger partial charge in [-0.2, -0.15) is 0 Å². The highest BCUT2D eigenvalue weighted by Gasteiger charge is 2.34. The van der Waals surface area contributed by atoms with E-state index in [1.54, 1.807) is 6.07 Å². The molecule has 1 aliphatic heterocycles. The SMILES string of the molecule is OCC1CC(O)CC(c2ccc(Cl)c(C(O)(O)c3ccc(OCCOCC(F)F)cc3)c2)O1. The van der Waals surface area contributed by atoms with Crippen LogP contribution >= 0.6 is 11.6 Å². The molecule has 33 heavy (non-hydrogen) atoms. The lowest BCUT2D eigenvalue weighted by Crippen LogP contribution is -2.34. The smallest absolute Gasteiger partial charge is 0.261 e. The van der Waals surface area contributed by atoms with E-state index in [-0.39, 0.29) is 36.0 Å². The summed E-state index contributed by atoms with van der Waals surface area (Å²) in [7, 11) is 0. The second kappa shape index (κ2) is 11.5. The second-order valence-corrected chi connectivity index (χ2v) is 8.21. The van der Waals surface area contributed by atoms with Gasteiger partial charge in [-0.15, -0.1) is 0 Å². The Hall–Kier alpha value is -1.85. The molecule has 7 nitrogen and oxygen atoms in total. The lowest BCUT2D eigenvalue weighted by Gasteiger charge is -2.33. The average Bonchev–Trinajstić information content (AvgIpc) is 2.78. The number of alkyl halides is 2. The monoisotopic (exact) mass is 488 g/mol. The first-order valence-electron chi connectivity index (χ1n) is 10.5. The number of rotatable bonds is 10. The van der Waals surface area contributed by atoms with Crippen LogP contribution in [0.1, 0.15) is 35.6 Å². The number of aliphatic hydroxyl groups is 4. The fourth-order valence-electron chi connectivity index (χ4n) is 3.66. The summed E-state index contributed by atoms with van der Waals surface area (Å²) in [5, 5.41) is 41.4. The quantitative estimate of drug-likeness (QED) is 0.301. The summed E-state index contributed by atoms with van der Waals surface area (Å²) in [6, 6.07) is 10.6. The zero-order chi connectivity index (χ0) is 24.0. The Morgan fingerprint density at radius 2 is 1.82 bits per heavy atom. The topological polar surface area (TPSA) is 109 Å². The van der Waals surface area contributed by atoms with Gasteiger partial charge >= 0.3 is 0 Å². The first-order chi connectivity index (χ1) is 15.7. The Labute approximate surface area is 195 Å². The van der Waals surface area contributed by atoms with Gasteiger partial charge in [-0.3, -0.25) is 0 Å². The standard InChI is InChI=1S/C23H27ClF2O7/c24-20-6-1-14(21-11-16(28)10-18(12-27)33-21)9-19(20)23(29,30)15-2-4-17(5-3-15)32-8-7-31-13-22(25)26/h1-6,9,16,18,21-22,27-30H,7-8,10-13H2. The van der Waals surface area contributed by atoms with Crippen LogP contribution in [-0.2, 0) is 15.3 Å². The van der Waals surface area contributed by atoms with Crippen molar-refractivity contribution in [2.45, 2.75) is 43.4 Å². The Morgan fingerprint density at radius 3 is 2.48 bits per heavy atom. The van der Waals surface area contributed by atoms with E-state index in [1.165, 1.54) is 36.4 Å². The van der Waals surface area contributed by atoms with Crippen LogP contribution in [0.15, 0.2) is 42.5 Å². The minimum Gasteiger partial charge on any atom is -0.491 e. The third-order valence-electron chi connectivity index (χ3n) is 5.32. The van der Waals surface area contributed by atoms with Gasteiger partial charge in [0.05, 0.1) is 31.5 Å². The van der Waals surface area contributed by atoms with Gasteiger partial charge in [0.1, 0.15) is 19.0 Å². The van der Waals surface area contributed by atoms with E-state index in [1.807, 2.05) is 0 Å². The van der Waals surface area contributed by atoms with E-state index < -0.39 is 37.1 Å². The molecule has 182 valence electrons. The van der Waals surface area contributed by atoms with Crippen molar-refractivity contribution < 1.29 is 43.4 Å². The molecule has 2 aromatic rings. The van der Waals surface area contributed by atoms with Crippen molar-refractivity contribution in [2.24, 2.45) is 0 Å². The molecule has 0 bridgehead atoms. The number of ether oxygens (including phenoxy) is 3. The highest BCUT2D eigenvalue weighted by molar-refractivity contribution is 6.31. The van der Waals surface area contributed by atoms with Crippen molar-refractivity contribution in [3.8, 4) is 5.75 Å². The van der Waals surface area contributed by atoms with Crippen LogP contribution in [0.25, 0.3) is 0 Å². The van der Waals surface area contributed by atoms with E-state index in [9.17, 15) is 29.2 Å². The summed E-state index contributed by atoms with van der Waals surface area (Å²) in [6.45, 7) is -0.838. The molecule has 1 saturated heterocycles. The minimum absolute atomic E-state index is 0.00645. The summed E-state index contributed by atoms with van der Waals surface area (Å²) < 4.78 is 40.0. The molecule has 0 radical (unpaired) electrons. The first kappa shape index (κ1) is 25.8. The van der Waals surface area contributed by atoms with Gasteiger partial charge < -0.3 is 34.6 Å². The van der Waals surface area contributed by atoms with Gasteiger partial charge in [0.15, 0.2) is 0 Å². The third-order valence-corrected chi connectivity index (χ3v) is 5.65. The Kier molecular flexibility index (Phi) is 9.00. The second-order valence-electron chi connectivity index (χ2n) is 7.80. The summed E-state index contributed by atoms with van der Waals surface area (Å²) in [5.41, 5.74) is 0.739. The van der Waals surface area contributed by atoms with Crippen molar-refractivity contribution >= 4 is 11.6 Å². The van der Waals surface area contributed by atoms with Gasteiger partial charge in [0.2, 0.25) is 5.79 Å². The highest BCUT2D eigenvalue weighted by Crippen LogP contribution is 2.38. The summed E-state index contributed by atoms with van der Waals surface area (Å²) in [6.07, 6.45) is -3.62. The molecule has 0 aliphatic carbocycles. The lowest BCUT2D eigenvalue weighted by atomic mass is 9.91. The molecule has 3 rings (SSSR count). The molecule has 3 unspecified atom stereocenters. The molecule has 0 spiro atoms. The summed E-state index contributed by atoms with van der Waals surface area (Å²) in [4.78, 5) is 0. The number of hydrogen-bond donors (Lipinski definition) is 4. The van der Waals surface area contributed by atoms with Crippen LogP contribution < -0.4 is 4.74 Å². The maximum Gasteiger partial charge on any atom is 0.261 e. The fraction of sp³-hybridized carbons (Fsp3) is 0.478. The van der Waals surface area contributed by atoms with Crippen LogP contribution in [0.3, 0.4) is 0 Å². The molecule has 1 heterocycles. The molecule has 2 aromatic carbocycles. The Balaban J connectivity index is 1.72. The zero-order valence-corrected chi connectivity index (χ0v) is 18.5. The average molecular weight is 489 g/mol. The Morgan fingerprint density at radius 1 is 1.09 bits per heavy atom. The molecule has 3 atom stereocenters. The molecule has 10 heteroatoms. The molecule has 4 N–H and O–H groups in total. The fourth-order valence-corrected chi connectivity index (χ4v) is 3.91. The summed E-state index contributed by atoms with van der Waals surface area (Å²) in [5.74, 6) is -2.04. The van der Waals surface area contributed by atoms with E-state index in [2.05, 4.69) is 0 Å². The number of benzene rings is 2. The molecule has 0 amide bonds. The maximum absolute atomic E-state index is 12.0. The number of halogens is 3. The third kappa shape index (κ3) is 6.83. The summed E-state index contributed by atoms with van der Waals surface area (Å²) >= 11 is 6.26. The predicted octanol–water partition coefficient (Wildman–Crippen LogP) is 2.76. The van der Waals surface area contributed by atoms with Crippen LogP contribution in [0.5, 0.6) is 5.75 Å². The number of hydrogen-bond acceptors (Lipinski definition) is 7. The zero-order valence-electron chi connectivity index (χ0n) is 17.7. The van der Waals surface area contributed by atoms with Crippen LogP contribution in [0.4, 0.5) is 8.78 Å². The van der Waals surface area contributed by atoms with Crippen LogP contribution in [-0.4, -0.2) is 65.5 Å². The van der Waals surface area contributed by atoms with E-state index in [0.29, 0.717) is 24.2 Å². The van der Waals surface area contributed by atoms with Crippen molar-refractivity contribution in [2.75, 3.05) is 26.4 Å².